The van der Waals surface area contributed by atoms with Gasteiger partial charge in [0, 0.05) is 6.04 Å². The smallest absolute Gasteiger partial charge is 0.118 e. The second-order valence-corrected chi connectivity index (χ2v) is 6.01. The van der Waals surface area contributed by atoms with Crippen molar-refractivity contribution in [3.63, 3.8) is 0 Å². The highest BCUT2D eigenvalue weighted by Crippen LogP contribution is 2.20. The Hall–Kier alpha value is -0.800. The Balaban J connectivity index is 1.77. The van der Waals surface area contributed by atoms with Crippen LogP contribution in [0.5, 0.6) is 0 Å². The number of furan rings is 1. The molecule has 3 heteroatoms. The number of hydrogen-bond acceptors (Lipinski definition) is 3. The number of rotatable bonds is 11. The lowest BCUT2D eigenvalue weighted by Gasteiger charge is -2.20. The summed E-state index contributed by atoms with van der Waals surface area (Å²) < 4.78 is 5.95. The summed E-state index contributed by atoms with van der Waals surface area (Å²) in [6.45, 7) is 8.73. The number of unbranched alkanes of at least 4 members (excludes halogenated alkanes) is 2. The monoisotopic (exact) mass is 278 g/mol. The first kappa shape index (κ1) is 15.6. The van der Waals surface area contributed by atoms with E-state index < -0.39 is 0 Å². The molecule has 0 aromatic carbocycles. The fraction of sp³-hybridized carbons (Fsp3) is 0.765. The fourth-order valence-electron chi connectivity index (χ4n) is 2.39. The summed E-state index contributed by atoms with van der Waals surface area (Å²) in [7, 11) is 0. The Morgan fingerprint density at radius 3 is 2.35 bits per heavy atom. The summed E-state index contributed by atoms with van der Waals surface area (Å²) in [5.74, 6) is 2.20. The molecular formula is C17H30N2O. The number of nitrogens with zero attached hydrogens (tertiary/aromatic N) is 1. The van der Waals surface area contributed by atoms with Gasteiger partial charge in [0.15, 0.2) is 0 Å². The largest absolute Gasteiger partial charge is 0.463 e. The van der Waals surface area contributed by atoms with Crippen LogP contribution in [0.4, 0.5) is 0 Å². The molecule has 3 nitrogen and oxygen atoms in total. The zero-order valence-electron chi connectivity index (χ0n) is 13.2. The summed E-state index contributed by atoms with van der Waals surface area (Å²) in [6, 6.07) is 5.02. The Kier molecular flexibility index (Phi) is 6.61. The second-order valence-electron chi connectivity index (χ2n) is 6.01. The minimum Gasteiger partial charge on any atom is -0.463 e. The minimum absolute atomic E-state index is 0.745. The van der Waals surface area contributed by atoms with Crippen molar-refractivity contribution in [1.82, 2.24) is 10.2 Å². The molecule has 0 radical (unpaired) electrons. The summed E-state index contributed by atoms with van der Waals surface area (Å²) in [4.78, 5) is 2.53. The van der Waals surface area contributed by atoms with Gasteiger partial charge in [0.05, 0.1) is 13.1 Å². The van der Waals surface area contributed by atoms with Crippen molar-refractivity contribution in [2.24, 2.45) is 0 Å². The van der Waals surface area contributed by atoms with Crippen molar-refractivity contribution in [3.05, 3.63) is 23.7 Å². The Bertz CT molecular complexity index is 363. The van der Waals surface area contributed by atoms with Gasteiger partial charge in [0.2, 0.25) is 0 Å². The van der Waals surface area contributed by atoms with E-state index in [1.165, 1.54) is 51.6 Å². The third-order valence-corrected chi connectivity index (χ3v) is 3.89. The minimum atomic E-state index is 0.745. The molecule has 1 aliphatic carbocycles. The van der Waals surface area contributed by atoms with Crippen molar-refractivity contribution in [1.29, 1.82) is 0 Å². The van der Waals surface area contributed by atoms with Crippen LogP contribution in [-0.4, -0.2) is 24.0 Å². The molecule has 1 heterocycles. The molecule has 1 aromatic rings. The molecule has 0 unspecified atom stereocenters. The lowest BCUT2D eigenvalue weighted by molar-refractivity contribution is 0.234. The fourth-order valence-corrected chi connectivity index (χ4v) is 2.39. The van der Waals surface area contributed by atoms with Crippen LogP contribution in [0.3, 0.4) is 0 Å². The summed E-state index contributed by atoms with van der Waals surface area (Å²) in [5.41, 5.74) is 0. The summed E-state index contributed by atoms with van der Waals surface area (Å²) in [5, 5.41) is 3.50. The van der Waals surface area contributed by atoms with E-state index in [-0.39, 0.29) is 0 Å². The van der Waals surface area contributed by atoms with E-state index in [0.717, 1.165) is 30.7 Å². The molecule has 0 amide bonds. The van der Waals surface area contributed by atoms with Gasteiger partial charge in [0.1, 0.15) is 11.5 Å². The molecule has 1 aromatic heterocycles. The van der Waals surface area contributed by atoms with Crippen LogP contribution in [0.15, 0.2) is 16.5 Å². The Morgan fingerprint density at radius 2 is 1.75 bits per heavy atom. The molecule has 0 bridgehead atoms. The van der Waals surface area contributed by atoms with E-state index in [4.69, 9.17) is 4.42 Å². The second kappa shape index (κ2) is 8.48. The van der Waals surface area contributed by atoms with Crippen molar-refractivity contribution >= 4 is 0 Å². The van der Waals surface area contributed by atoms with Crippen molar-refractivity contribution in [2.75, 3.05) is 13.1 Å². The molecule has 20 heavy (non-hydrogen) atoms. The van der Waals surface area contributed by atoms with E-state index in [1.807, 2.05) is 0 Å². The highest BCUT2D eigenvalue weighted by atomic mass is 16.3. The Morgan fingerprint density at radius 1 is 1.10 bits per heavy atom. The van der Waals surface area contributed by atoms with Crippen LogP contribution in [0, 0.1) is 0 Å². The summed E-state index contributed by atoms with van der Waals surface area (Å²) >= 11 is 0. The maximum absolute atomic E-state index is 5.95. The van der Waals surface area contributed by atoms with Gasteiger partial charge in [-0.15, -0.1) is 0 Å². The van der Waals surface area contributed by atoms with Crippen LogP contribution in [0.25, 0.3) is 0 Å². The molecule has 1 fully saturated rings. The molecule has 0 saturated heterocycles. The van der Waals surface area contributed by atoms with Crippen molar-refractivity contribution in [3.8, 4) is 0 Å². The quantitative estimate of drug-likeness (QED) is 0.664. The van der Waals surface area contributed by atoms with E-state index in [0.29, 0.717) is 0 Å². The van der Waals surface area contributed by atoms with Crippen LogP contribution in [0.2, 0.25) is 0 Å². The van der Waals surface area contributed by atoms with Gasteiger partial charge < -0.3 is 9.73 Å². The van der Waals surface area contributed by atoms with Crippen LogP contribution in [-0.2, 0) is 13.1 Å². The van der Waals surface area contributed by atoms with Gasteiger partial charge in [0.25, 0.3) is 0 Å². The number of hydrogen-bond donors (Lipinski definition) is 1. The predicted molar refractivity (Wildman–Crippen MR) is 83.7 cm³/mol. The van der Waals surface area contributed by atoms with Gasteiger partial charge in [-0.2, -0.15) is 0 Å². The summed E-state index contributed by atoms with van der Waals surface area (Å²) in [6.07, 6.45) is 7.74. The normalized spacial score (nSPS) is 15.2. The molecule has 0 spiro atoms. The van der Waals surface area contributed by atoms with E-state index in [1.54, 1.807) is 0 Å². The van der Waals surface area contributed by atoms with Gasteiger partial charge in [-0.3, -0.25) is 4.90 Å². The maximum Gasteiger partial charge on any atom is 0.118 e. The molecule has 0 aliphatic heterocycles. The average Bonchev–Trinajstić information content (AvgIpc) is 3.19. The zero-order chi connectivity index (χ0) is 14.2. The number of nitrogens with one attached hydrogen (secondary N) is 1. The third kappa shape index (κ3) is 5.68. The first-order valence-electron chi connectivity index (χ1n) is 8.35. The molecule has 0 atom stereocenters. The molecule has 1 aliphatic rings. The molecule has 1 N–H and O–H groups in total. The maximum atomic E-state index is 5.95. The van der Waals surface area contributed by atoms with Gasteiger partial charge in [-0.1, -0.05) is 26.7 Å². The third-order valence-electron chi connectivity index (χ3n) is 3.89. The van der Waals surface area contributed by atoms with Crippen LogP contribution < -0.4 is 5.32 Å². The van der Waals surface area contributed by atoms with Gasteiger partial charge in [-0.05, 0) is 50.9 Å². The highest BCUT2D eigenvalue weighted by molar-refractivity contribution is 5.07. The van der Waals surface area contributed by atoms with E-state index in [9.17, 15) is 0 Å². The molecule has 114 valence electrons. The van der Waals surface area contributed by atoms with E-state index >= 15 is 0 Å². The van der Waals surface area contributed by atoms with E-state index in [2.05, 4.69) is 36.2 Å². The highest BCUT2D eigenvalue weighted by Gasteiger charge is 2.20. The van der Waals surface area contributed by atoms with Crippen LogP contribution >= 0.6 is 0 Å². The lowest BCUT2D eigenvalue weighted by Crippen LogP contribution is -2.25. The van der Waals surface area contributed by atoms with Crippen LogP contribution in [0.1, 0.15) is 63.9 Å². The molecule has 1 saturated carbocycles. The lowest BCUT2D eigenvalue weighted by atomic mass is 10.2. The van der Waals surface area contributed by atoms with Crippen molar-refractivity contribution < 1.29 is 4.42 Å². The van der Waals surface area contributed by atoms with Gasteiger partial charge >= 0.3 is 0 Å². The standard InChI is InChI=1S/C17H30N2O/c1-3-5-11-19(12-6-4-2)14-17-10-9-16(20-17)13-18-15-7-8-15/h9-10,15,18H,3-8,11-14H2,1-2H3. The molecular weight excluding hydrogens is 248 g/mol. The van der Waals surface area contributed by atoms with Crippen molar-refractivity contribution in [2.45, 2.75) is 71.5 Å². The first-order valence-corrected chi connectivity index (χ1v) is 8.35. The first-order chi connectivity index (χ1) is 9.81. The predicted octanol–water partition coefficient (Wildman–Crippen LogP) is 3.93. The SMILES string of the molecule is CCCCN(CCCC)Cc1ccc(CNC2CC2)o1. The Labute approximate surface area is 123 Å². The average molecular weight is 278 g/mol. The zero-order valence-corrected chi connectivity index (χ0v) is 13.2. The molecule has 2 rings (SSSR count). The van der Waals surface area contributed by atoms with Gasteiger partial charge in [-0.25, -0.2) is 0 Å². The topological polar surface area (TPSA) is 28.4 Å².